The maximum absolute atomic E-state index is 4.72. The highest BCUT2D eigenvalue weighted by Crippen LogP contribution is 2.09. The molecule has 0 unspecified atom stereocenters. The molecule has 0 saturated heterocycles. The van der Waals surface area contributed by atoms with Gasteiger partial charge in [0.05, 0.1) is 6.54 Å². The van der Waals surface area contributed by atoms with Gasteiger partial charge in [-0.15, -0.1) is 21.5 Å². The van der Waals surface area contributed by atoms with E-state index in [9.17, 15) is 0 Å². The Morgan fingerprint density at radius 3 is 2.74 bits per heavy atom. The molecule has 0 aliphatic rings. The normalized spacial score (nSPS) is 11.5. The van der Waals surface area contributed by atoms with E-state index in [0.717, 1.165) is 44.3 Å². The van der Waals surface area contributed by atoms with Gasteiger partial charge in [-0.3, -0.25) is 0 Å². The first kappa shape index (κ1) is 19.1. The molecule has 3 aromatic rings. The second kappa shape index (κ2) is 10.5. The Labute approximate surface area is 164 Å². The predicted octanol–water partition coefficient (Wildman–Crippen LogP) is 2.88. The second-order valence-electron chi connectivity index (χ2n) is 6.13. The van der Waals surface area contributed by atoms with Crippen LogP contribution in [0.2, 0.25) is 0 Å². The Morgan fingerprint density at radius 2 is 1.96 bits per heavy atom. The molecule has 1 aromatic carbocycles. The molecule has 6 nitrogen and oxygen atoms in total. The third-order valence-corrected chi connectivity index (χ3v) is 5.04. The van der Waals surface area contributed by atoms with Crippen molar-refractivity contribution in [2.75, 3.05) is 13.1 Å². The minimum atomic E-state index is 0.686. The fourth-order valence-electron chi connectivity index (χ4n) is 2.74. The first-order valence-electron chi connectivity index (χ1n) is 9.30. The molecule has 142 valence electrons. The molecule has 27 heavy (non-hydrogen) atoms. The van der Waals surface area contributed by atoms with Gasteiger partial charge in [0.25, 0.3) is 0 Å². The van der Waals surface area contributed by atoms with Crippen LogP contribution in [0.15, 0.2) is 59.2 Å². The van der Waals surface area contributed by atoms with Gasteiger partial charge in [-0.05, 0) is 23.4 Å². The summed E-state index contributed by atoms with van der Waals surface area (Å²) in [5, 5.41) is 17.1. The molecule has 0 spiro atoms. The number of benzene rings is 1. The molecular formula is C20H26N6S. The van der Waals surface area contributed by atoms with Crippen LogP contribution in [0.5, 0.6) is 0 Å². The zero-order chi connectivity index (χ0) is 18.7. The molecule has 2 N–H and O–H groups in total. The molecule has 3 rings (SSSR count). The van der Waals surface area contributed by atoms with Crippen LogP contribution >= 0.6 is 11.3 Å². The van der Waals surface area contributed by atoms with E-state index in [2.05, 4.69) is 74.1 Å². The number of hydrogen-bond acceptors (Lipinski definition) is 4. The van der Waals surface area contributed by atoms with Gasteiger partial charge in [0.15, 0.2) is 5.96 Å². The van der Waals surface area contributed by atoms with Gasteiger partial charge in [-0.2, -0.15) is 0 Å². The number of nitrogens with zero attached hydrogens (tertiary/aromatic N) is 4. The van der Waals surface area contributed by atoms with E-state index in [1.807, 2.05) is 6.07 Å². The van der Waals surface area contributed by atoms with Crippen molar-refractivity contribution in [3.63, 3.8) is 0 Å². The summed E-state index contributed by atoms with van der Waals surface area (Å²) in [6.07, 6.45) is 3.63. The lowest BCUT2D eigenvalue weighted by molar-refractivity contribution is 0.631. The second-order valence-corrected chi connectivity index (χ2v) is 7.16. The summed E-state index contributed by atoms with van der Waals surface area (Å²) in [6, 6.07) is 14.7. The van der Waals surface area contributed by atoms with Gasteiger partial charge >= 0.3 is 0 Å². The Morgan fingerprint density at radius 1 is 1.11 bits per heavy atom. The highest BCUT2D eigenvalue weighted by Gasteiger charge is 2.03. The lowest BCUT2D eigenvalue weighted by Crippen LogP contribution is -2.40. The smallest absolute Gasteiger partial charge is 0.191 e. The predicted molar refractivity (Wildman–Crippen MR) is 111 cm³/mol. The lowest BCUT2D eigenvalue weighted by atomic mass is 10.1. The van der Waals surface area contributed by atoms with E-state index in [1.165, 1.54) is 10.4 Å². The molecule has 0 aliphatic heterocycles. The maximum atomic E-state index is 4.72. The Balaban J connectivity index is 1.52. The molecule has 2 heterocycles. The standard InChI is InChI=1S/C20H26N6S/c1-2-19-25-24-16-26(19)13-12-22-20(23-15-18-9-6-14-27-18)21-11-10-17-7-4-3-5-8-17/h3-9,14,16H,2,10-13,15H2,1H3,(H2,21,22,23). The van der Waals surface area contributed by atoms with Crippen LogP contribution < -0.4 is 10.6 Å². The fourth-order valence-corrected chi connectivity index (χ4v) is 3.37. The van der Waals surface area contributed by atoms with Crippen molar-refractivity contribution in [2.45, 2.75) is 32.9 Å². The first-order chi connectivity index (χ1) is 13.3. The van der Waals surface area contributed by atoms with Gasteiger partial charge in [0.1, 0.15) is 12.2 Å². The summed E-state index contributed by atoms with van der Waals surface area (Å²) < 4.78 is 2.08. The number of hydrogen-bond donors (Lipinski definition) is 2. The van der Waals surface area contributed by atoms with Crippen LogP contribution in [-0.2, 0) is 25.9 Å². The molecule has 0 bridgehead atoms. The number of thiophene rings is 1. The minimum absolute atomic E-state index is 0.686. The van der Waals surface area contributed by atoms with Crippen LogP contribution in [0, 0.1) is 0 Å². The number of aromatic nitrogens is 3. The zero-order valence-electron chi connectivity index (χ0n) is 15.6. The molecule has 0 fully saturated rings. The molecule has 2 aromatic heterocycles. The number of aliphatic imine (C=N–C) groups is 1. The molecule has 7 heteroatoms. The van der Waals surface area contributed by atoms with Crippen molar-refractivity contribution in [1.82, 2.24) is 25.4 Å². The van der Waals surface area contributed by atoms with Crippen molar-refractivity contribution < 1.29 is 0 Å². The summed E-state index contributed by atoms with van der Waals surface area (Å²) >= 11 is 1.73. The van der Waals surface area contributed by atoms with Crippen LogP contribution in [0.4, 0.5) is 0 Å². The van der Waals surface area contributed by atoms with E-state index >= 15 is 0 Å². The number of nitrogens with one attached hydrogen (secondary N) is 2. The number of guanidine groups is 1. The van der Waals surface area contributed by atoms with E-state index in [1.54, 1.807) is 17.7 Å². The van der Waals surface area contributed by atoms with Crippen LogP contribution in [-0.4, -0.2) is 33.8 Å². The van der Waals surface area contributed by atoms with Crippen molar-refractivity contribution in [3.05, 3.63) is 70.4 Å². The largest absolute Gasteiger partial charge is 0.356 e. The molecule has 0 amide bonds. The summed E-state index contributed by atoms with van der Waals surface area (Å²) in [5.41, 5.74) is 1.32. The van der Waals surface area contributed by atoms with E-state index in [4.69, 9.17) is 4.99 Å². The maximum Gasteiger partial charge on any atom is 0.191 e. The minimum Gasteiger partial charge on any atom is -0.356 e. The SMILES string of the molecule is CCc1nncn1CCNC(=NCc1cccs1)NCCc1ccccc1. The number of rotatable bonds is 9. The summed E-state index contributed by atoms with van der Waals surface area (Å²) in [5.74, 6) is 1.84. The van der Waals surface area contributed by atoms with Gasteiger partial charge < -0.3 is 15.2 Å². The summed E-state index contributed by atoms with van der Waals surface area (Å²) in [6.45, 7) is 5.20. The fraction of sp³-hybridized carbons (Fsp3) is 0.350. The summed E-state index contributed by atoms with van der Waals surface area (Å²) in [7, 11) is 0. The van der Waals surface area contributed by atoms with Crippen molar-refractivity contribution in [2.24, 2.45) is 4.99 Å². The van der Waals surface area contributed by atoms with Crippen LogP contribution in [0.3, 0.4) is 0 Å². The van der Waals surface area contributed by atoms with Gasteiger partial charge in [-0.25, -0.2) is 4.99 Å². The van der Waals surface area contributed by atoms with Crippen molar-refractivity contribution >= 4 is 17.3 Å². The topological polar surface area (TPSA) is 67.1 Å². The quantitative estimate of drug-likeness (QED) is 0.441. The molecule has 0 radical (unpaired) electrons. The third kappa shape index (κ3) is 6.21. The first-order valence-corrected chi connectivity index (χ1v) is 10.2. The van der Waals surface area contributed by atoms with E-state index in [0.29, 0.717) is 6.54 Å². The van der Waals surface area contributed by atoms with Crippen molar-refractivity contribution in [3.8, 4) is 0 Å². The van der Waals surface area contributed by atoms with Crippen LogP contribution in [0.1, 0.15) is 23.2 Å². The Bertz CT molecular complexity index is 810. The Kier molecular flexibility index (Phi) is 7.41. The lowest BCUT2D eigenvalue weighted by Gasteiger charge is -2.13. The molecular weight excluding hydrogens is 356 g/mol. The van der Waals surface area contributed by atoms with E-state index < -0.39 is 0 Å². The molecule has 0 saturated carbocycles. The van der Waals surface area contributed by atoms with Crippen LogP contribution in [0.25, 0.3) is 0 Å². The molecule has 0 atom stereocenters. The van der Waals surface area contributed by atoms with Gasteiger partial charge in [-0.1, -0.05) is 43.3 Å². The average molecular weight is 383 g/mol. The van der Waals surface area contributed by atoms with E-state index in [-0.39, 0.29) is 0 Å². The zero-order valence-corrected chi connectivity index (χ0v) is 16.5. The van der Waals surface area contributed by atoms with Gasteiger partial charge in [0, 0.05) is 30.9 Å². The Hall–Kier alpha value is -2.67. The number of aryl methyl sites for hydroxylation is 1. The third-order valence-electron chi connectivity index (χ3n) is 4.18. The monoisotopic (exact) mass is 382 g/mol. The highest BCUT2D eigenvalue weighted by molar-refractivity contribution is 7.09. The highest BCUT2D eigenvalue weighted by atomic mass is 32.1. The average Bonchev–Trinajstić information content (AvgIpc) is 3.38. The molecule has 0 aliphatic carbocycles. The van der Waals surface area contributed by atoms with Gasteiger partial charge in [0.2, 0.25) is 0 Å². The summed E-state index contributed by atoms with van der Waals surface area (Å²) in [4.78, 5) is 5.98. The van der Waals surface area contributed by atoms with Crippen molar-refractivity contribution in [1.29, 1.82) is 0 Å².